The molecule has 1 amide bonds. The van der Waals surface area contributed by atoms with Gasteiger partial charge in [-0.05, 0) is 42.8 Å². The molecule has 0 atom stereocenters. The maximum Gasteiger partial charge on any atom is 0.267 e. The minimum absolute atomic E-state index is 0.0851. The van der Waals surface area contributed by atoms with Gasteiger partial charge >= 0.3 is 0 Å². The molecule has 0 fully saturated rings. The normalized spacial score (nSPS) is 10.6. The van der Waals surface area contributed by atoms with Gasteiger partial charge in [0, 0.05) is 18.1 Å². The van der Waals surface area contributed by atoms with Gasteiger partial charge in [0.25, 0.3) is 5.91 Å². The van der Waals surface area contributed by atoms with E-state index >= 15 is 0 Å². The molecule has 1 aromatic carbocycles. The third-order valence-electron chi connectivity index (χ3n) is 2.85. The molecule has 0 aliphatic carbocycles. The van der Waals surface area contributed by atoms with Crippen LogP contribution in [-0.2, 0) is 4.79 Å². The second-order valence-corrected chi connectivity index (χ2v) is 4.48. The number of hydrogen-bond acceptors (Lipinski definition) is 5. The molecule has 1 heterocycles. The Hall–Kier alpha value is -3.33. The number of anilines is 2. The molecule has 0 aliphatic rings. The van der Waals surface area contributed by atoms with Crippen LogP contribution in [0, 0.1) is 18.3 Å². The average molecular weight is 294 g/mol. The van der Waals surface area contributed by atoms with E-state index in [1.165, 1.54) is 18.3 Å². The Morgan fingerprint density at radius 3 is 2.82 bits per heavy atom. The van der Waals surface area contributed by atoms with Gasteiger partial charge in [-0.2, -0.15) is 5.26 Å². The molecule has 0 spiro atoms. The number of carbonyl (C=O) groups is 1. The molecular formula is C16H14N4O2. The van der Waals surface area contributed by atoms with Gasteiger partial charge in [-0.25, -0.2) is 4.98 Å². The summed E-state index contributed by atoms with van der Waals surface area (Å²) in [6.07, 6.45) is 2.90. The zero-order valence-corrected chi connectivity index (χ0v) is 11.9. The monoisotopic (exact) mass is 294 g/mol. The fraction of sp³-hybridized carbons (Fsp3) is 0.0625. The first kappa shape index (κ1) is 15.1. The van der Waals surface area contributed by atoms with Crippen molar-refractivity contribution in [1.82, 2.24) is 4.98 Å². The van der Waals surface area contributed by atoms with Crippen molar-refractivity contribution in [2.45, 2.75) is 6.92 Å². The van der Waals surface area contributed by atoms with Crippen molar-refractivity contribution in [2.24, 2.45) is 0 Å². The second kappa shape index (κ2) is 6.90. The van der Waals surface area contributed by atoms with Crippen LogP contribution in [0.5, 0.6) is 5.75 Å². The van der Waals surface area contributed by atoms with Crippen molar-refractivity contribution in [3.05, 3.63) is 59.9 Å². The van der Waals surface area contributed by atoms with E-state index in [2.05, 4.69) is 15.6 Å². The summed E-state index contributed by atoms with van der Waals surface area (Å²) in [5.74, 6) is 0.104. The fourth-order valence-electron chi connectivity index (χ4n) is 1.72. The summed E-state index contributed by atoms with van der Waals surface area (Å²) in [6.45, 7) is 1.75. The number of aromatic nitrogens is 1. The van der Waals surface area contributed by atoms with Crippen molar-refractivity contribution in [1.29, 1.82) is 5.26 Å². The van der Waals surface area contributed by atoms with Gasteiger partial charge in [-0.15, -0.1) is 0 Å². The van der Waals surface area contributed by atoms with Crippen molar-refractivity contribution < 1.29 is 9.90 Å². The number of amides is 1. The molecule has 6 nitrogen and oxygen atoms in total. The van der Waals surface area contributed by atoms with Crippen LogP contribution in [0.4, 0.5) is 11.5 Å². The van der Waals surface area contributed by atoms with Gasteiger partial charge in [-0.1, -0.05) is 6.07 Å². The fourth-order valence-corrected chi connectivity index (χ4v) is 1.72. The molecule has 110 valence electrons. The molecule has 1 aromatic heterocycles. The molecule has 0 radical (unpaired) electrons. The molecule has 0 unspecified atom stereocenters. The largest absolute Gasteiger partial charge is 0.508 e. The lowest BCUT2D eigenvalue weighted by Gasteiger charge is -2.08. The number of rotatable bonds is 4. The summed E-state index contributed by atoms with van der Waals surface area (Å²) in [5.41, 5.74) is 1.14. The van der Waals surface area contributed by atoms with Gasteiger partial charge in [0.15, 0.2) is 0 Å². The predicted molar refractivity (Wildman–Crippen MR) is 83.0 cm³/mol. The molecular weight excluding hydrogens is 280 g/mol. The van der Waals surface area contributed by atoms with Crippen LogP contribution in [-0.4, -0.2) is 16.0 Å². The van der Waals surface area contributed by atoms with E-state index in [0.717, 1.165) is 0 Å². The lowest BCUT2D eigenvalue weighted by atomic mass is 10.2. The van der Waals surface area contributed by atoms with Crippen LogP contribution in [0.2, 0.25) is 0 Å². The number of nitrogens with zero attached hydrogens (tertiary/aromatic N) is 2. The number of phenolic OH excluding ortho intramolecular Hbond substituents is 1. The Kier molecular flexibility index (Phi) is 4.73. The summed E-state index contributed by atoms with van der Waals surface area (Å²) >= 11 is 0. The van der Waals surface area contributed by atoms with E-state index in [1.54, 1.807) is 37.4 Å². The summed E-state index contributed by atoms with van der Waals surface area (Å²) < 4.78 is 0. The Labute approximate surface area is 127 Å². The van der Waals surface area contributed by atoms with E-state index in [1.807, 2.05) is 6.07 Å². The molecule has 2 aromatic rings. The molecule has 0 bridgehead atoms. The number of benzene rings is 1. The number of nitriles is 1. The van der Waals surface area contributed by atoms with Crippen molar-refractivity contribution in [2.75, 3.05) is 10.6 Å². The minimum atomic E-state index is -0.542. The third-order valence-corrected chi connectivity index (χ3v) is 2.85. The lowest BCUT2D eigenvalue weighted by Crippen LogP contribution is -2.15. The maximum atomic E-state index is 12.1. The standard InChI is InChI=1S/C16H14N4O2/c1-11-8-13(21)5-6-14(11)20-16(22)12(9-17)10-19-15-4-2-3-7-18-15/h2-8,10,21H,1H3,(H,18,19)(H,20,22)/b12-10-. The highest BCUT2D eigenvalue weighted by atomic mass is 16.3. The number of hydrogen-bond donors (Lipinski definition) is 3. The molecule has 0 saturated carbocycles. The highest BCUT2D eigenvalue weighted by Crippen LogP contribution is 2.20. The predicted octanol–water partition coefficient (Wildman–Crippen LogP) is 2.55. The lowest BCUT2D eigenvalue weighted by molar-refractivity contribution is -0.112. The molecule has 2 rings (SSSR count). The Morgan fingerprint density at radius 1 is 1.36 bits per heavy atom. The summed E-state index contributed by atoms with van der Waals surface area (Å²) in [7, 11) is 0. The van der Waals surface area contributed by atoms with Gasteiger partial charge in [0.2, 0.25) is 0 Å². The van der Waals surface area contributed by atoms with Gasteiger partial charge in [0.05, 0.1) is 0 Å². The number of nitrogens with one attached hydrogen (secondary N) is 2. The number of aromatic hydroxyl groups is 1. The van der Waals surface area contributed by atoms with Crippen LogP contribution in [0.15, 0.2) is 54.4 Å². The van der Waals surface area contributed by atoms with Crippen molar-refractivity contribution in [3.8, 4) is 11.8 Å². The van der Waals surface area contributed by atoms with Crippen LogP contribution >= 0.6 is 0 Å². The molecule has 3 N–H and O–H groups in total. The van der Waals surface area contributed by atoms with Gasteiger partial charge in [-0.3, -0.25) is 4.79 Å². The van der Waals surface area contributed by atoms with Gasteiger partial charge in [0.1, 0.15) is 23.2 Å². The zero-order chi connectivity index (χ0) is 15.9. The molecule has 0 saturated heterocycles. The molecule has 6 heteroatoms. The van der Waals surface area contributed by atoms with E-state index < -0.39 is 5.91 Å². The molecule has 0 aliphatic heterocycles. The second-order valence-electron chi connectivity index (χ2n) is 4.48. The van der Waals surface area contributed by atoms with E-state index in [-0.39, 0.29) is 11.3 Å². The first-order valence-corrected chi connectivity index (χ1v) is 6.49. The minimum Gasteiger partial charge on any atom is -0.508 e. The Morgan fingerprint density at radius 2 is 2.18 bits per heavy atom. The SMILES string of the molecule is Cc1cc(O)ccc1NC(=O)/C(C#N)=C\Nc1ccccn1. The molecule has 22 heavy (non-hydrogen) atoms. The highest BCUT2D eigenvalue weighted by molar-refractivity contribution is 6.07. The average Bonchev–Trinajstić information content (AvgIpc) is 2.52. The summed E-state index contributed by atoms with van der Waals surface area (Å²) in [5, 5.41) is 23.8. The maximum absolute atomic E-state index is 12.1. The van der Waals surface area contributed by atoms with Crippen LogP contribution in [0.1, 0.15) is 5.56 Å². The number of carbonyl (C=O) groups excluding carboxylic acids is 1. The highest BCUT2D eigenvalue weighted by Gasteiger charge is 2.11. The van der Waals surface area contributed by atoms with E-state index in [0.29, 0.717) is 17.1 Å². The first-order chi connectivity index (χ1) is 10.6. The Balaban J connectivity index is 2.10. The van der Waals surface area contributed by atoms with Crippen LogP contribution < -0.4 is 10.6 Å². The number of pyridine rings is 1. The number of aryl methyl sites for hydroxylation is 1. The Bertz CT molecular complexity index is 748. The van der Waals surface area contributed by atoms with Gasteiger partial charge < -0.3 is 15.7 Å². The zero-order valence-electron chi connectivity index (χ0n) is 11.9. The quantitative estimate of drug-likeness (QED) is 0.457. The van der Waals surface area contributed by atoms with E-state index in [4.69, 9.17) is 5.26 Å². The van der Waals surface area contributed by atoms with E-state index in [9.17, 15) is 9.90 Å². The summed E-state index contributed by atoms with van der Waals surface area (Å²) in [4.78, 5) is 16.1. The van der Waals surface area contributed by atoms with Crippen LogP contribution in [0.3, 0.4) is 0 Å². The van der Waals surface area contributed by atoms with Crippen molar-refractivity contribution in [3.63, 3.8) is 0 Å². The number of phenols is 1. The van der Waals surface area contributed by atoms with Crippen LogP contribution in [0.25, 0.3) is 0 Å². The third kappa shape index (κ3) is 3.84. The topological polar surface area (TPSA) is 98.0 Å². The smallest absolute Gasteiger partial charge is 0.267 e. The van der Waals surface area contributed by atoms with Crippen molar-refractivity contribution >= 4 is 17.4 Å². The first-order valence-electron chi connectivity index (χ1n) is 6.49. The summed E-state index contributed by atoms with van der Waals surface area (Å²) in [6, 6.07) is 11.7.